The molecule has 1 aromatic rings. The zero-order valence-corrected chi connectivity index (χ0v) is 11.6. The molecule has 2 heterocycles. The van der Waals surface area contributed by atoms with Crippen LogP contribution in [0.1, 0.15) is 5.76 Å². The molecule has 0 radical (unpaired) electrons. The summed E-state index contributed by atoms with van der Waals surface area (Å²) in [5.74, 6) is -0.227. The second kappa shape index (κ2) is 6.71. The summed E-state index contributed by atoms with van der Waals surface area (Å²) in [6.07, 6.45) is 6.34. The van der Waals surface area contributed by atoms with Crippen LogP contribution < -0.4 is 5.32 Å². The molecule has 1 fully saturated rings. The van der Waals surface area contributed by atoms with Crippen molar-refractivity contribution >= 4 is 34.8 Å². The van der Waals surface area contributed by atoms with Crippen molar-refractivity contribution in [1.82, 2.24) is 5.32 Å². The molecule has 108 valence electrons. The van der Waals surface area contributed by atoms with E-state index in [4.69, 9.17) is 4.42 Å². The lowest BCUT2D eigenvalue weighted by molar-refractivity contribution is -0.402. The predicted octanol–water partition coefficient (Wildman–Crippen LogP) is 2.49. The maximum absolute atomic E-state index is 11.6. The van der Waals surface area contributed by atoms with Crippen LogP contribution in [0.3, 0.4) is 0 Å². The number of furan rings is 1. The monoisotopic (exact) mass is 305 g/mol. The fraction of sp³-hybridized carbons (Fsp3) is 0.0769. The number of nitro groups is 1. The fourth-order valence-corrected chi connectivity index (χ4v) is 2.21. The van der Waals surface area contributed by atoms with E-state index in [0.29, 0.717) is 22.4 Å². The Hall–Kier alpha value is -2.61. The van der Waals surface area contributed by atoms with E-state index in [9.17, 15) is 14.9 Å². The number of carbonyl (C=O) groups excluding carboxylic acids is 1. The minimum atomic E-state index is -0.613. The molecule has 1 saturated heterocycles. The van der Waals surface area contributed by atoms with E-state index < -0.39 is 4.92 Å². The largest absolute Gasteiger partial charge is 0.433 e. The third-order valence-electron chi connectivity index (χ3n) is 2.32. The summed E-state index contributed by atoms with van der Waals surface area (Å²) in [5.41, 5.74) is 0. The Labute approximate surface area is 124 Å². The summed E-state index contributed by atoms with van der Waals surface area (Å²) >= 11 is 1.22. The van der Waals surface area contributed by atoms with Crippen LogP contribution in [0.4, 0.5) is 5.88 Å². The SMILES string of the molecule is C=CCN=C1NC(=O)/C(=C/C=C/c2ccc([N+](=O)[O-])o2)S1. The molecule has 1 amide bonds. The summed E-state index contributed by atoms with van der Waals surface area (Å²) in [6, 6.07) is 2.75. The van der Waals surface area contributed by atoms with Gasteiger partial charge in [0.25, 0.3) is 5.91 Å². The molecule has 0 spiro atoms. The fourth-order valence-electron chi connectivity index (χ4n) is 1.42. The van der Waals surface area contributed by atoms with Crippen molar-refractivity contribution in [2.75, 3.05) is 6.54 Å². The van der Waals surface area contributed by atoms with Crippen molar-refractivity contribution < 1.29 is 14.1 Å². The summed E-state index contributed by atoms with van der Waals surface area (Å²) in [6.45, 7) is 3.98. The molecule has 1 N–H and O–H groups in total. The first-order valence-electron chi connectivity index (χ1n) is 5.87. The van der Waals surface area contributed by atoms with Gasteiger partial charge in [-0.2, -0.15) is 0 Å². The maximum atomic E-state index is 11.6. The van der Waals surface area contributed by atoms with Crippen LogP contribution in [-0.4, -0.2) is 22.5 Å². The Balaban J connectivity index is 2.03. The lowest BCUT2D eigenvalue weighted by atomic mass is 10.3. The van der Waals surface area contributed by atoms with Gasteiger partial charge in [0.15, 0.2) is 5.17 Å². The first-order chi connectivity index (χ1) is 10.1. The Bertz CT molecular complexity index is 673. The second-order valence-electron chi connectivity index (χ2n) is 3.81. The molecule has 0 atom stereocenters. The van der Waals surface area contributed by atoms with Gasteiger partial charge in [-0.1, -0.05) is 12.2 Å². The van der Waals surface area contributed by atoms with Gasteiger partial charge in [-0.3, -0.25) is 19.9 Å². The lowest BCUT2D eigenvalue weighted by Gasteiger charge is -1.90. The zero-order chi connectivity index (χ0) is 15.2. The first kappa shape index (κ1) is 14.8. The van der Waals surface area contributed by atoms with Crippen molar-refractivity contribution in [3.8, 4) is 0 Å². The van der Waals surface area contributed by atoms with Crippen LogP contribution in [0.5, 0.6) is 0 Å². The molecule has 1 aromatic heterocycles. The van der Waals surface area contributed by atoms with Crippen molar-refractivity contribution in [2.45, 2.75) is 0 Å². The molecule has 0 aliphatic carbocycles. The number of rotatable bonds is 5. The van der Waals surface area contributed by atoms with Crippen LogP contribution in [0.2, 0.25) is 0 Å². The number of hydrogen-bond donors (Lipinski definition) is 1. The average molecular weight is 305 g/mol. The predicted molar refractivity (Wildman–Crippen MR) is 80.7 cm³/mol. The van der Waals surface area contributed by atoms with E-state index in [1.165, 1.54) is 30.0 Å². The highest BCUT2D eigenvalue weighted by molar-refractivity contribution is 8.18. The molecule has 21 heavy (non-hydrogen) atoms. The van der Waals surface area contributed by atoms with Crippen molar-refractivity contribution in [3.63, 3.8) is 0 Å². The summed E-state index contributed by atoms with van der Waals surface area (Å²) in [5, 5.41) is 13.6. The van der Waals surface area contributed by atoms with Crippen molar-refractivity contribution in [3.05, 3.63) is 57.7 Å². The van der Waals surface area contributed by atoms with Gasteiger partial charge >= 0.3 is 5.88 Å². The number of nitrogens with one attached hydrogen (secondary N) is 1. The standard InChI is InChI=1S/C13H11N3O4S/c1-2-8-14-13-15-12(17)10(21-13)5-3-4-9-6-7-11(20-9)16(18)19/h2-7H,1,8H2,(H,14,15,17)/b4-3+,10-5-. The average Bonchev–Trinajstić information content (AvgIpc) is 3.04. The van der Waals surface area contributed by atoms with Crippen LogP contribution >= 0.6 is 11.8 Å². The van der Waals surface area contributed by atoms with Crippen LogP contribution in [-0.2, 0) is 4.79 Å². The van der Waals surface area contributed by atoms with E-state index in [2.05, 4.69) is 16.9 Å². The van der Waals surface area contributed by atoms with Gasteiger partial charge < -0.3 is 9.73 Å². The van der Waals surface area contributed by atoms with Crippen LogP contribution in [0.25, 0.3) is 6.08 Å². The highest BCUT2D eigenvalue weighted by Gasteiger charge is 2.22. The number of allylic oxidation sites excluding steroid dienone is 2. The molecule has 0 saturated carbocycles. The molecule has 0 unspecified atom stereocenters. The molecule has 1 aliphatic rings. The van der Waals surface area contributed by atoms with Gasteiger partial charge in [0.05, 0.1) is 17.5 Å². The van der Waals surface area contributed by atoms with Gasteiger partial charge in [0, 0.05) is 0 Å². The number of nitrogens with zero attached hydrogens (tertiary/aromatic N) is 2. The molecule has 0 aromatic carbocycles. The van der Waals surface area contributed by atoms with E-state index in [0.717, 1.165) is 0 Å². The number of carbonyl (C=O) groups is 1. The van der Waals surface area contributed by atoms with Gasteiger partial charge in [-0.25, -0.2) is 0 Å². The topological polar surface area (TPSA) is 97.7 Å². The van der Waals surface area contributed by atoms with E-state index in [-0.39, 0.29) is 11.8 Å². The molecule has 2 rings (SSSR count). The van der Waals surface area contributed by atoms with Crippen molar-refractivity contribution in [2.24, 2.45) is 4.99 Å². The number of hydrogen-bond acceptors (Lipinski definition) is 6. The minimum Gasteiger partial charge on any atom is -0.401 e. The van der Waals surface area contributed by atoms with Gasteiger partial charge in [0.2, 0.25) is 0 Å². The highest BCUT2D eigenvalue weighted by Crippen LogP contribution is 2.24. The summed E-state index contributed by atoms with van der Waals surface area (Å²) < 4.78 is 4.95. The normalized spacial score (nSPS) is 18.6. The van der Waals surface area contributed by atoms with Gasteiger partial charge in [0.1, 0.15) is 10.7 Å². The van der Waals surface area contributed by atoms with Gasteiger partial charge in [-0.05, 0) is 30.0 Å². The third kappa shape index (κ3) is 3.93. The number of amidine groups is 1. The smallest absolute Gasteiger partial charge is 0.401 e. The molecule has 0 bridgehead atoms. The third-order valence-corrected chi connectivity index (χ3v) is 3.28. The quantitative estimate of drug-likeness (QED) is 0.390. The zero-order valence-electron chi connectivity index (χ0n) is 10.8. The summed E-state index contributed by atoms with van der Waals surface area (Å²) in [4.78, 5) is 26.1. The number of amides is 1. The summed E-state index contributed by atoms with van der Waals surface area (Å²) in [7, 11) is 0. The maximum Gasteiger partial charge on any atom is 0.433 e. The minimum absolute atomic E-state index is 0.238. The molecular weight excluding hydrogens is 294 g/mol. The van der Waals surface area contributed by atoms with Crippen LogP contribution in [0.15, 0.2) is 51.3 Å². The second-order valence-corrected chi connectivity index (χ2v) is 4.84. The number of aliphatic imine (C=N–C) groups is 1. The Morgan fingerprint density at radius 2 is 2.33 bits per heavy atom. The first-order valence-corrected chi connectivity index (χ1v) is 6.69. The molecular formula is C13H11N3O4S. The molecule has 7 nitrogen and oxygen atoms in total. The number of thioether (sulfide) groups is 1. The van der Waals surface area contributed by atoms with Crippen LogP contribution in [0, 0.1) is 10.1 Å². The highest BCUT2D eigenvalue weighted by atomic mass is 32.2. The van der Waals surface area contributed by atoms with E-state index in [1.54, 1.807) is 18.2 Å². The Morgan fingerprint density at radius 3 is 3.00 bits per heavy atom. The van der Waals surface area contributed by atoms with Crippen molar-refractivity contribution in [1.29, 1.82) is 0 Å². The Morgan fingerprint density at radius 1 is 1.52 bits per heavy atom. The Kier molecular flexibility index (Phi) is 4.72. The van der Waals surface area contributed by atoms with E-state index >= 15 is 0 Å². The molecule has 8 heteroatoms. The lowest BCUT2D eigenvalue weighted by Crippen LogP contribution is -2.19. The molecule has 1 aliphatic heterocycles. The van der Waals surface area contributed by atoms with Gasteiger partial charge in [-0.15, -0.1) is 6.58 Å². The van der Waals surface area contributed by atoms with E-state index in [1.807, 2.05) is 0 Å².